The van der Waals surface area contributed by atoms with Crippen LogP contribution in [0.4, 0.5) is 0 Å². The molecular formula is C16H24ClN. The molecule has 0 saturated heterocycles. The van der Waals surface area contributed by atoms with Crippen LogP contribution in [0.3, 0.4) is 0 Å². The molecule has 0 aromatic heterocycles. The summed E-state index contributed by atoms with van der Waals surface area (Å²) < 4.78 is 0. The average molecular weight is 266 g/mol. The molecule has 1 aliphatic rings. The molecule has 1 fully saturated rings. The Labute approximate surface area is 116 Å². The predicted molar refractivity (Wildman–Crippen MR) is 79.3 cm³/mol. The first-order valence-corrected chi connectivity index (χ1v) is 7.34. The van der Waals surface area contributed by atoms with Crippen LogP contribution in [0.25, 0.3) is 0 Å². The number of rotatable bonds is 4. The predicted octanol–water partition coefficient (Wildman–Crippen LogP) is 4.61. The fourth-order valence-corrected chi connectivity index (χ4v) is 2.75. The van der Waals surface area contributed by atoms with Crippen LogP contribution in [0, 0.1) is 5.92 Å². The van der Waals surface area contributed by atoms with Gasteiger partial charge in [0.1, 0.15) is 0 Å². The van der Waals surface area contributed by atoms with Crippen LogP contribution in [0.15, 0.2) is 24.3 Å². The summed E-state index contributed by atoms with van der Waals surface area (Å²) in [6.45, 7) is 7.73. The highest BCUT2D eigenvalue weighted by Gasteiger charge is 2.29. The van der Waals surface area contributed by atoms with Gasteiger partial charge in [-0.15, -0.1) is 0 Å². The minimum atomic E-state index is 0.181. The normalized spacial score (nSPS) is 18.4. The van der Waals surface area contributed by atoms with Crippen molar-refractivity contribution in [1.29, 1.82) is 0 Å². The Kier molecular flexibility index (Phi) is 4.34. The van der Waals surface area contributed by atoms with Crippen molar-refractivity contribution < 1.29 is 0 Å². The smallest absolute Gasteiger partial charge is 0.0408 e. The van der Waals surface area contributed by atoms with E-state index >= 15 is 0 Å². The van der Waals surface area contributed by atoms with E-state index < -0.39 is 0 Å². The number of hydrogen-bond donors (Lipinski definition) is 1. The molecule has 1 aromatic carbocycles. The highest BCUT2D eigenvalue weighted by atomic mass is 35.5. The second kappa shape index (κ2) is 5.63. The number of benzene rings is 1. The van der Waals surface area contributed by atoms with Crippen molar-refractivity contribution in [2.45, 2.75) is 51.5 Å². The third kappa shape index (κ3) is 3.73. The van der Waals surface area contributed by atoms with Crippen LogP contribution >= 0.6 is 11.6 Å². The van der Waals surface area contributed by atoms with Gasteiger partial charge in [0.05, 0.1) is 0 Å². The first-order valence-electron chi connectivity index (χ1n) is 6.96. The van der Waals surface area contributed by atoms with Gasteiger partial charge in [-0.3, -0.25) is 0 Å². The molecular weight excluding hydrogens is 242 g/mol. The maximum Gasteiger partial charge on any atom is 0.0408 e. The van der Waals surface area contributed by atoms with E-state index in [4.69, 9.17) is 11.6 Å². The van der Waals surface area contributed by atoms with Crippen molar-refractivity contribution >= 4 is 11.6 Å². The highest BCUT2D eigenvalue weighted by Crippen LogP contribution is 2.39. The van der Waals surface area contributed by atoms with Crippen LogP contribution in [0.2, 0.25) is 5.02 Å². The summed E-state index contributed by atoms with van der Waals surface area (Å²) in [7, 11) is 0. The van der Waals surface area contributed by atoms with Crippen LogP contribution in [0.1, 0.15) is 51.5 Å². The summed E-state index contributed by atoms with van der Waals surface area (Å²) in [5, 5.41) is 4.50. The minimum Gasteiger partial charge on any atom is -0.311 e. The van der Waals surface area contributed by atoms with Gasteiger partial charge in [0.25, 0.3) is 0 Å². The molecule has 1 atom stereocenters. The van der Waals surface area contributed by atoms with E-state index in [1.165, 1.54) is 24.8 Å². The Hall–Kier alpha value is -0.530. The first-order chi connectivity index (χ1) is 8.46. The molecule has 0 spiro atoms. The standard InChI is InChI=1S/C16H24ClN/c1-16(2,3)18-11-15(12-6-4-7-12)13-8-5-9-14(17)10-13/h5,8-10,12,15,18H,4,6-7,11H2,1-3H3. The van der Waals surface area contributed by atoms with Gasteiger partial charge in [0.2, 0.25) is 0 Å². The third-order valence-corrected chi connectivity index (χ3v) is 4.08. The SMILES string of the molecule is CC(C)(C)NCC(c1cccc(Cl)c1)C1CCC1. The van der Waals surface area contributed by atoms with E-state index in [2.05, 4.69) is 44.3 Å². The largest absolute Gasteiger partial charge is 0.311 e. The van der Waals surface area contributed by atoms with Crippen molar-refractivity contribution in [3.8, 4) is 0 Å². The lowest BCUT2D eigenvalue weighted by atomic mass is 9.73. The number of hydrogen-bond acceptors (Lipinski definition) is 1. The summed E-state index contributed by atoms with van der Waals surface area (Å²) in [6, 6.07) is 8.38. The lowest BCUT2D eigenvalue weighted by Crippen LogP contribution is -2.40. The van der Waals surface area contributed by atoms with Gasteiger partial charge < -0.3 is 5.32 Å². The quantitative estimate of drug-likeness (QED) is 0.838. The Balaban J connectivity index is 2.09. The lowest BCUT2D eigenvalue weighted by molar-refractivity contribution is 0.242. The summed E-state index contributed by atoms with van der Waals surface area (Å²) in [5.41, 5.74) is 1.57. The van der Waals surface area contributed by atoms with Gasteiger partial charge in [0, 0.05) is 17.1 Å². The van der Waals surface area contributed by atoms with Crippen molar-refractivity contribution in [1.82, 2.24) is 5.32 Å². The van der Waals surface area contributed by atoms with Gasteiger partial charge in [-0.1, -0.05) is 30.2 Å². The fraction of sp³-hybridized carbons (Fsp3) is 0.625. The molecule has 100 valence electrons. The van der Waals surface area contributed by atoms with Crippen LogP contribution in [-0.4, -0.2) is 12.1 Å². The molecule has 18 heavy (non-hydrogen) atoms. The lowest BCUT2D eigenvalue weighted by Gasteiger charge is -2.36. The van der Waals surface area contributed by atoms with Crippen molar-refractivity contribution in [3.05, 3.63) is 34.9 Å². The van der Waals surface area contributed by atoms with E-state index in [0.717, 1.165) is 17.5 Å². The minimum absolute atomic E-state index is 0.181. The highest BCUT2D eigenvalue weighted by molar-refractivity contribution is 6.30. The molecule has 1 aliphatic carbocycles. The van der Waals surface area contributed by atoms with E-state index in [0.29, 0.717) is 5.92 Å². The van der Waals surface area contributed by atoms with Crippen LogP contribution < -0.4 is 5.32 Å². The van der Waals surface area contributed by atoms with Gasteiger partial charge in [-0.25, -0.2) is 0 Å². The summed E-state index contributed by atoms with van der Waals surface area (Å²) in [6.07, 6.45) is 4.11. The van der Waals surface area contributed by atoms with Gasteiger partial charge in [0.15, 0.2) is 0 Å². The molecule has 0 amide bonds. The number of nitrogens with one attached hydrogen (secondary N) is 1. The molecule has 1 saturated carbocycles. The molecule has 0 heterocycles. The molecule has 1 N–H and O–H groups in total. The second-order valence-corrected chi connectivity index (χ2v) is 6.92. The zero-order valence-electron chi connectivity index (χ0n) is 11.7. The molecule has 1 nitrogen and oxygen atoms in total. The fourth-order valence-electron chi connectivity index (χ4n) is 2.55. The molecule has 0 aliphatic heterocycles. The third-order valence-electron chi connectivity index (χ3n) is 3.85. The van der Waals surface area contributed by atoms with E-state index in [-0.39, 0.29) is 5.54 Å². The first kappa shape index (κ1) is 13.9. The van der Waals surface area contributed by atoms with E-state index in [9.17, 15) is 0 Å². The van der Waals surface area contributed by atoms with Gasteiger partial charge in [-0.05, 0) is 63.1 Å². The van der Waals surface area contributed by atoms with Crippen LogP contribution in [-0.2, 0) is 0 Å². The van der Waals surface area contributed by atoms with Crippen molar-refractivity contribution in [2.75, 3.05) is 6.54 Å². The Morgan fingerprint density at radius 2 is 2.06 bits per heavy atom. The average Bonchev–Trinajstić information content (AvgIpc) is 2.20. The zero-order valence-corrected chi connectivity index (χ0v) is 12.4. The monoisotopic (exact) mass is 265 g/mol. The Morgan fingerprint density at radius 3 is 2.56 bits per heavy atom. The zero-order chi connectivity index (χ0) is 13.2. The molecule has 1 aromatic rings. The Morgan fingerprint density at radius 1 is 1.33 bits per heavy atom. The van der Waals surface area contributed by atoms with Gasteiger partial charge >= 0.3 is 0 Å². The molecule has 2 heteroatoms. The van der Waals surface area contributed by atoms with Crippen molar-refractivity contribution in [2.24, 2.45) is 5.92 Å². The summed E-state index contributed by atoms with van der Waals surface area (Å²) >= 11 is 6.12. The van der Waals surface area contributed by atoms with E-state index in [1.807, 2.05) is 6.07 Å². The molecule has 0 radical (unpaired) electrons. The maximum absolute atomic E-state index is 6.12. The molecule has 0 bridgehead atoms. The number of halogens is 1. The van der Waals surface area contributed by atoms with Crippen molar-refractivity contribution in [3.63, 3.8) is 0 Å². The molecule has 2 rings (SSSR count). The van der Waals surface area contributed by atoms with E-state index in [1.54, 1.807) is 0 Å². The van der Waals surface area contributed by atoms with Gasteiger partial charge in [-0.2, -0.15) is 0 Å². The molecule has 1 unspecified atom stereocenters. The topological polar surface area (TPSA) is 12.0 Å². The summed E-state index contributed by atoms with van der Waals surface area (Å²) in [5.74, 6) is 1.44. The van der Waals surface area contributed by atoms with Crippen LogP contribution in [0.5, 0.6) is 0 Å². The second-order valence-electron chi connectivity index (χ2n) is 6.48. The summed E-state index contributed by atoms with van der Waals surface area (Å²) in [4.78, 5) is 0. The Bertz CT molecular complexity index is 390. The maximum atomic E-state index is 6.12.